The van der Waals surface area contributed by atoms with Crippen molar-refractivity contribution in [2.45, 2.75) is 23.6 Å². The van der Waals surface area contributed by atoms with Crippen molar-refractivity contribution in [2.24, 2.45) is 0 Å². The molecule has 1 aliphatic rings. The molecule has 0 spiro atoms. The van der Waals surface area contributed by atoms with Crippen LogP contribution in [0.1, 0.15) is 21.5 Å². The summed E-state index contributed by atoms with van der Waals surface area (Å²) in [5, 5.41) is 6.00. The Labute approximate surface area is 128 Å². The van der Waals surface area contributed by atoms with Crippen LogP contribution in [0, 0.1) is 13.8 Å². The van der Waals surface area contributed by atoms with Gasteiger partial charge in [-0.3, -0.25) is 4.79 Å². The van der Waals surface area contributed by atoms with Crippen LogP contribution >= 0.6 is 11.8 Å². The van der Waals surface area contributed by atoms with E-state index in [1.54, 1.807) is 18.8 Å². The molecular weight excluding hydrogens is 282 g/mol. The van der Waals surface area contributed by atoms with Gasteiger partial charge < -0.3 is 16.4 Å². The summed E-state index contributed by atoms with van der Waals surface area (Å²) in [6.45, 7) is 3.98. The van der Waals surface area contributed by atoms with Gasteiger partial charge in [0.25, 0.3) is 5.91 Å². The Hall–Kier alpha value is -2.14. The van der Waals surface area contributed by atoms with Crippen LogP contribution in [0.5, 0.6) is 0 Å². The van der Waals surface area contributed by atoms with E-state index in [-0.39, 0.29) is 5.91 Å². The van der Waals surface area contributed by atoms with Gasteiger partial charge in [0, 0.05) is 16.8 Å². The molecule has 4 nitrogen and oxygen atoms in total. The number of anilines is 3. The first-order chi connectivity index (χ1) is 10.0. The first-order valence-corrected chi connectivity index (χ1v) is 7.53. The number of hydrogen-bond acceptors (Lipinski definition) is 4. The van der Waals surface area contributed by atoms with Crippen molar-refractivity contribution in [2.75, 3.05) is 18.1 Å². The molecule has 1 heterocycles. The smallest absolute Gasteiger partial charge is 0.253 e. The van der Waals surface area contributed by atoms with Crippen molar-refractivity contribution in [3.63, 3.8) is 0 Å². The number of carbonyl (C=O) groups is 1. The number of benzene rings is 2. The predicted molar refractivity (Wildman–Crippen MR) is 87.6 cm³/mol. The molecule has 0 saturated carbocycles. The standard InChI is InChI=1S/C16H17N3OS/c1-8-4-5-10-11(6-8)21-12-7-9(2)13(16(20)18-3)14(17)15(12)19-10/h4-7,19H,17H2,1-3H3,(H,18,20). The number of nitrogens with two attached hydrogens (primary N) is 1. The van der Waals surface area contributed by atoms with Crippen LogP contribution in [0.2, 0.25) is 0 Å². The van der Waals surface area contributed by atoms with Crippen LogP contribution in [0.3, 0.4) is 0 Å². The summed E-state index contributed by atoms with van der Waals surface area (Å²) in [6.07, 6.45) is 0. The molecule has 1 amide bonds. The highest BCUT2D eigenvalue weighted by Gasteiger charge is 2.23. The van der Waals surface area contributed by atoms with Crippen LogP contribution in [0.15, 0.2) is 34.1 Å². The SMILES string of the molecule is CNC(=O)c1c(C)cc2c(c1N)Nc1ccc(C)cc1S2. The van der Waals surface area contributed by atoms with Crippen LogP contribution in [-0.2, 0) is 0 Å². The fourth-order valence-electron chi connectivity index (χ4n) is 2.52. The van der Waals surface area contributed by atoms with Crippen molar-refractivity contribution < 1.29 is 4.79 Å². The lowest BCUT2D eigenvalue weighted by Crippen LogP contribution is -2.21. The molecule has 21 heavy (non-hydrogen) atoms. The summed E-state index contributed by atoms with van der Waals surface area (Å²) >= 11 is 1.68. The molecule has 0 bridgehead atoms. The van der Waals surface area contributed by atoms with Gasteiger partial charge in [0.05, 0.1) is 22.6 Å². The van der Waals surface area contributed by atoms with Gasteiger partial charge in [-0.25, -0.2) is 0 Å². The minimum Gasteiger partial charge on any atom is -0.396 e. The van der Waals surface area contributed by atoms with Gasteiger partial charge in [-0.1, -0.05) is 17.8 Å². The maximum absolute atomic E-state index is 12.0. The Balaban J connectivity index is 2.14. The predicted octanol–water partition coefficient (Wildman–Crippen LogP) is 3.45. The second-order valence-electron chi connectivity index (χ2n) is 5.16. The van der Waals surface area contributed by atoms with Crippen molar-refractivity contribution in [3.8, 4) is 0 Å². The van der Waals surface area contributed by atoms with Crippen molar-refractivity contribution in [3.05, 3.63) is 41.0 Å². The van der Waals surface area contributed by atoms with E-state index < -0.39 is 0 Å². The molecule has 2 aromatic rings. The summed E-state index contributed by atoms with van der Waals surface area (Å²) in [5.41, 5.74) is 11.2. The molecule has 1 aliphatic heterocycles. The van der Waals surface area contributed by atoms with E-state index in [0.29, 0.717) is 11.3 Å². The van der Waals surface area contributed by atoms with Gasteiger partial charge in [0.15, 0.2) is 0 Å². The number of nitrogens with one attached hydrogen (secondary N) is 2. The summed E-state index contributed by atoms with van der Waals surface area (Å²) < 4.78 is 0. The average Bonchev–Trinajstić information content (AvgIpc) is 2.45. The van der Waals surface area contributed by atoms with E-state index in [4.69, 9.17) is 5.73 Å². The van der Waals surface area contributed by atoms with Gasteiger partial charge in [-0.15, -0.1) is 0 Å². The fraction of sp³-hybridized carbons (Fsp3) is 0.188. The zero-order chi connectivity index (χ0) is 15.1. The second-order valence-corrected chi connectivity index (χ2v) is 6.24. The van der Waals surface area contributed by atoms with Crippen LogP contribution in [-0.4, -0.2) is 13.0 Å². The highest BCUT2D eigenvalue weighted by molar-refractivity contribution is 7.99. The van der Waals surface area contributed by atoms with Crippen LogP contribution in [0.25, 0.3) is 0 Å². The maximum Gasteiger partial charge on any atom is 0.253 e. The molecule has 3 rings (SSSR count). The second kappa shape index (κ2) is 5.00. The minimum atomic E-state index is -0.158. The molecule has 5 heteroatoms. The third-order valence-corrected chi connectivity index (χ3v) is 4.70. The number of hydrogen-bond donors (Lipinski definition) is 3. The molecule has 0 aliphatic carbocycles. The summed E-state index contributed by atoms with van der Waals surface area (Å²) in [4.78, 5) is 14.2. The molecule has 0 saturated heterocycles. The van der Waals surface area contributed by atoms with E-state index in [0.717, 1.165) is 21.8 Å². The summed E-state index contributed by atoms with van der Waals surface area (Å²) in [6, 6.07) is 8.26. The Morgan fingerprint density at radius 2 is 2.00 bits per heavy atom. The fourth-order valence-corrected chi connectivity index (χ4v) is 3.73. The number of carbonyl (C=O) groups excluding carboxylic acids is 1. The minimum absolute atomic E-state index is 0.158. The molecule has 0 unspecified atom stereocenters. The van der Waals surface area contributed by atoms with E-state index in [1.165, 1.54) is 10.5 Å². The molecular formula is C16H17N3OS. The third-order valence-electron chi connectivity index (χ3n) is 3.60. The Morgan fingerprint density at radius 3 is 2.71 bits per heavy atom. The Bertz CT molecular complexity index is 756. The Kier molecular flexibility index (Phi) is 3.29. The average molecular weight is 299 g/mol. The number of nitrogen functional groups attached to an aromatic ring is 1. The lowest BCUT2D eigenvalue weighted by molar-refractivity contribution is 0.0963. The quantitative estimate of drug-likeness (QED) is 0.602. The summed E-state index contributed by atoms with van der Waals surface area (Å²) in [7, 11) is 1.61. The third kappa shape index (κ3) is 2.23. The molecule has 0 aromatic heterocycles. The largest absolute Gasteiger partial charge is 0.396 e. The van der Waals surface area contributed by atoms with E-state index >= 15 is 0 Å². The Morgan fingerprint density at radius 1 is 1.24 bits per heavy atom. The number of amides is 1. The van der Waals surface area contributed by atoms with Gasteiger partial charge in [0.2, 0.25) is 0 Å². The van der Waals surface area contributed by atoms with Crippen LogP contribution in [0.4, 0.5) is 17.1 Å². The van der Waals surface area contributed by atoms with Crippen molar-refractivity contribution in [1.82, 2.24) is 5.32 Å². The zero-order valence-electron chi connectivity index (χ0n) is 12.2. The van der Waals surface area contributed by atoms with E-state index in [1.807, 2.05) is 19.1 Å². The normalized spacial score (nSPS) is 12.1. The molecule has 4 N–H and O–H groups in total. The van der Waals surface area contributed by atoms with Gasteiger partial charge in [-0.2, -0.15) is 0 Å². The van der Waals surface area contributed by atoms with E-state index in [9.17, 15) is 4.79 Å². The summed E-state index contributed by atoms with van der Waals surface area (Å²) in [5.74, 6) is -0.158. The molecule has 2 aromatic carbocycles. The topological polar surface area (TPSA) is 67.2 Å². The molecule has 0 radical (unpaired) electrons. The molecule has 0 atom stereocenters. The van der Waals surface area contributed by atoms with Crippen molar-refractivity contribution >= 4 is 34.7 Å². The van der Waals surface area contributed by atoms with Crippen LogP contribution < -0.4 is 16.4 Å². The zero-order valence-corrected chi connectivity index (χ0v) is 13.0. The van der Waals surface area contributed by atoms with Crippen molar-refractivity contribution in [1.29, 1.82) is 0 Å². The monoisotopic (exact) mass is 299 g/mol. The highest BCUT2D eigenvalue weighted by Crippen LogP contribution is 2.48. The maximum atomic E-state index is 12.0. The first-order valence-electron chi connectivity index (χ1n) is 6.72. The first kappa shape index (κ1) is 13.8. The number of aryl methyl sites for hydroxylation is 2. The highest BCUT2D eigenvalue weighted by atomic mass is 32.2. The lowest BCUT2D eigenvalue weighted by Gasteiger charge is -2.24. The molecule has 108 valence electrons. The van der Waals surface area contributed by atoms with E-state index in [2.05, 4.69) is 29.7 Å². The molecule has 0 fully saturated rings. The van der Waals surface area contributed by atoms with Gasteiger partial charge >= 0.3 is 0 Å². The number of fused-ring (bicyclic) bond motifs is 2. The lowest BCUT2D eigenvalue weighted by atomic mass is 10.0. The number of rotatable bonds is 1. The van der Waals surface area contributed by atoms with Gasteiger partial charge in [-0.05, 0) is 43.2 Å². The van der Waals surface area contributed by atoms with Gasteiger partial charge in [0.1, 0.15) is 0 Å².